The first kappa shape index (κ1) is 17.9. The lowest BCUT2D eigenvalue weighted by atomic mass is 10.1. The predicted octanol–water partition coefficient (Wildman–Crippen LogP) is 1.18. The fourth-order valence-corrected chi connectivity index (χ4v) is 4.05. The van der Waals surface area contributed by atoms with Gasteiger partial charge in [0.25, 0.3) is 5.91 Å². The number of sulfonamides is 1. The molecule has 2 heterocycles. The largest absolute Gasteiger partial charge is 0.350 e. The molecule has 0 unspecified atom stereocenters. The van der Waals surface area contributed by atoms with Crippen LogP contribution in [0.3, 0.4) is 0 Å². The van der Waals surface area contributed by atoms with Crippen molar-refractivity contribution >= 4 is 15.9 Å². The Morgan fingerprint density at radius 3 is 2.57 bits per heavy atom. The van der Waals surface area contributed by atoms with E-state index in [0.29, 0.717) is 25.3 Å². The lowest BCUT2D eigenvalue weighted by Gasteiger charge is -2.15. The smallest absolute Gasteiger partial charge is 0.269 e. The van der Waals surface area contributed by atoms with Crippen molar-refractivity contribution in [3.63, 3.8) is 0 Å². The quantitative estimate of drug-likeness (QED) is 0.806. The minimum absolute atomic E-state index is 0.0595. The molecule has 1 fully saturated rings. The maximum Gasteiger partial charge on any atom is 0.269 e. The third kappa shape index (κ3) is 4.32. The molecule has 130 valence electrons. The number of aryl methyl sites for hydroxylation is 1. The summed E-state index contributed by atoms with van der Waals surface area (Å²) < 4.78 is 27.4. The molecule has 0 spiro atoms. The number of hydrogen-bond donors (Lipinski definition) is 1. The van der Waals surface area contributed by atoms with Gasteiger partial charge in [0, 0.05) is 26.2 Å². The zero-order chi connectivity index (χ0) is 17.0. The van der Waals surface area contributed by atoms with Crippen LogP contribution in [0.2, 0.25) is 0 Å². The van der Waals surface area contributed by atoms with E-state index in [1.165, 1.54) is 4.31 Å². The maximum atomic E-state index is 12.3. The number of carbonyl (C=O) groups is 1. The molecular formula is C15H26N4O3S. The maximum absolute atomic E-state index is 12.3. The van der Waals surface area contributed by atoms with E-state index in [0.717, 1.165) is 18.5 Å². The highest BCUT2D eigenvalue weighted by Crippen LogP contribution is 2.15. The van der Waals surface area contributed by atoms with Gasteiger partial charge in [0.15, 0.2) is 0 Å². The first-order valence-electron chi connectivity index (χ1n) is 8.19. The third-order valence-corrected chi connectivity index (χ3v) is 5.90. The van der Waals surface area contributed by atoms with Gasteiger partial charge in [0.1, 0.15) is 5.69 Å². The molecule has 1 aliphatic rings. The van der Waals surface area contributed by atoms with Gasteiger partial charge in [-0.1, -0.05) is 13.8 Å². The van der Waals surface area contributed by atoms with Crippen molar-refractivity contribution in [1.29, 1.82) is 0 Å². The number of nitrogens with zero attached hydrogens (tertiary/aromatic N) is 3. The van der Waals surface area contributed by atoms with E-state index in [4.69, 9.17) is 0 Å². The SMILES string of the molecule is CCn1nc(C(C)C)cc1C(=O)NCCS(=O)(=O)N1CCCC1. The molecule has 8 heteroatoms. The highest BCUT2D eigenvalue weighted by atomic mass is 32.2. The summed E-state index contributed by atoms with van der Waals surface area (Å²) in [6.45, 7) is 7.86. The molecule has 0 saturated carbocycles. The van der Waals surface area contributed by atoms with Crippen LogP contribution in [-0.4, -0.2) is 53.8 Å². The molecule has 1 aliphatic heterocycles. The molecule has 1 aromatic heterocycles. The summed E-state index contributed by atoms with van der Waals surface area (Å²) in [5, 5.41) is 7.10. The van der Waals surface area contributed by atoms with Crippen LogP contribution in [0.1, 0.15) is 55.7 Å². The lowest BCUT2D eigenvalue weighted by Crippen LogP contribution is -2.36. The topological polar surface area (TPSA) is 84.3 Å². The van der Waals surface area contributed by atoms with Gasteiger partial charge in [-0.15, -0.1) is 0 Å². The molecule has 0 atom stereocenters. The van der Waals surface area contributed by atoms with Crippen molar-refractivity contribution in [3.05, 3.63) is 17.5 Å². The molecule has 1 amide bonds. The summed E-state index contributed by atoms with van der Waals surface area (Å²) in [5.74, 6) is -0.0940. The molecule has 0 radical (unpaired) electrons. The van der Waals surface area contributed by atoms with E-state index < -0.39 is 10.0 Å². The average molecular weight is 342 g/mol. The number of hydrogen-bond acceptors (Lipinski definition) is 4. The second kappa shape index (κ2) is 7.44. The number of nitrogens with one attached hydrogen (secondary N) is 1. The predicted molar refractivity (Wildman–Crippen MR) is 88.9 cm³/mol. The molecule has 0 bridgehead atoms. The van der Waals surface area contributed by atoms with Gasteiger partial charge in [-0.3, -0.25) is 9.48 Å². The van der Waals surface area contributed by atoms with E-state index in [-0.39, 0.29) is 24.1 Å². The second-order valence-electron chi connectivity index (χ2n) is 6.10. The molecule has 1 saturated heterocycles. The van der Waals surface area contributed by atoms with Crippen LogP contribution in [0.25, 0.3) is 0 Å². The van der Waals surface area contributed by atoms with Gasteiger partial charge in [-0.05, 0) is 31.7 Å². The molecule has 23 heavy (non-hydrogen) atoms. The van der Waals surface area contributed by atoms with Crippen LogP contribution in [0.5, 0.6) is 0 Å². The molecule has 7 nitrogen and oxygen atoms in total. The minimum Gasteiger partial charge on any atom is -0.350 e. The Morgan fingerprint density at radius 1 is 1.35 bits per heavy atom. The zero-order valence-electron chi connectivity index (χ0n) is 14.1. The first-order valence-corrected chi connectivity index (χ1v) is 9.80. The second-order valence-corrected chi connectivity index (χ2v) is 8.19. The Labute approximate surface area is 138 Å². The van der Waals surface area contributed by atoms with Crippen LogP contribution in [0, 0.1) is 0 Å². The molecule has 0 aromatic carbocycles. The van der Waals surface area contributed by atoms with Gasteiger partial charge in [-0.2, -0.15) is 5.10 Å². The fraction of sp³-hybridized carbons (Fsp3) is 0.733. The zero-order valence-corrected chi connectivity index (χ0v) is 14.9. The van der Waals surface area contributed by atoms with E-state index in [1.807, 2.05) is 20.8 Å². The summed E-state index contributed by atoms with van der Waals surface area (Å²) in [4.78, 5) is 12.3. The summed E-state index contributed by atoms with van der Waals surface area (Å²) in [6.07, 6.45) is 1.83. The van der Waals surface area contributed by atoms with Gasteiger partial charge < -0.3 is 5.32 Å². The summed E-state index contributed by atoms with van der Waals surface area (Å²) in [5.41, 5.74) is 1.34. The van der Waals surface area contributed by atoms with Crippen molar-refractivity contribution in [2.75, 3.05) is 25.4 Å². The van der Waals surface area contributed by atoms with Crippen molar-refractivity contribution in [3.8, 4) is 0 Å². The summed E-state index contributed by atoms with van der Waals surface area (Å²) in [7, 11) is -3.27. The van der Waals surface area contributed by atoms with Gasteiger partial charge in [0.05, 0.1) is 11.4 Å². The summed E-state index contributed by atoms with van der Waals surface area (Å²) in [6, 6.07) is 1.78. The lowest BCUT2D eigenvalue weighted by molar-refractivity contribution is 0.0945. The van der Waals surface area contributed by atoms with Gasteiger partial charge >= 0.3 is 0 Å². The summed E-state index contributed by atoms with van der Waals surface area (Å²) >= 11 is 0. The average Bonchev–Trinajstić information content (AvgIpc) is 3.16. The Kier molecular flexibility index (Phi) is 5.80. The number of carbonyl (C=O) groups excluding carboxylic acids is 1. The van der Waals surface area contributed by atoms with Crippen LogP contribution in [-0.2, 0) is 16.6 Å². The number of amides is 1. The highest BCUT2D eigenvalue weighted by molar-refractivity contribution is 7.89. The third-order valence-electron chi connectivity index (χ3n) is 4.03. The molecule has 1 aromatic rings. The number of rotatable bonds is 7. The monoisotopic (exact) mass is 342 g/mol. The van der Waals surface area contributed by atoms with Crippen LogP contribution >= 0.6 is 0 Å². The number of aromatic nitrogens is 2. The molecule has 0 aliphatic carbocycles. The van der Waals surface area contributed by atoms with Crippen LogP contribution in [0.4, 0.5) is 0 Å². The van der Waals surface area contributed by atoms with E-state index in [9.17, 15) is 13.2 Å². The Balaban J connectivity index is 1.94. The van der Waals surface area contributed by atoms with Crippen molar-refractivity contribution in [2.45, 2.75) is 46.1 Å². The van der Waals surface area contributed by atoms with Crippen LogP contribution < -0.4 is 5.32 Å². The Morgan fingerprint density at radius 2 is 2.00 bits per heavy atom. The minimum atomic E-state index is -3.27. The highest BCUT2D eigenvalue weighted by Gasteiger charge is 2.25. The Bertz CT molecular complexity index is 646. The first-order chi connectivity index (χ1) is 10.8. The normalized spacial score (nSPS) is 16.2. The molecular weight excluding hydrogens is 316 g/mol. The van der Waals surface area contributed by atoms with Gasteiger partial charge in [-0.25, -0.2) is 12.7 Å². The standard InChI is InChI=1S/C15H26N4O3S/c1-4-19-14(11-13(17-19)12(2)3)15(20)16-7-10-23(21,22)18-8-5-6-9-18/h11-12H,4-10H2,1-3H3,(H,16,20). The van der Waals surface area contributed by atoms with Crippen molar-refractivity contribution < 1.29 is 13.2 Å². The van der Waals surface area contributed by atoms with E-state index in [1.54, 1.807) is 10.7 Å². The molecule has 1 N–H and O–H groups in total. The van der Waals surface area contributed by atoms with E-state index in [2.05, 4.69) is 10.4 Å². The van der Waals surface area contributed by atoms with Crippen molar-refractivity contribution in [2.24, 2.45) is 0 Å². The van der Waals surface area contributed by atoms with E-state index >= 15 is 0 Å². The van der Waals surface area contributed by atoms with Crippen molar-refractivity contribution in [1.82, 2.24) is 19.4 Å². The fourth-order valence-electron chi connectivity index (χ4n) is 2.62. The van der Waals surface area contributed by atoms with Gasteiger partial charge in [0.2, 0.25) is 10.0 Å². The Hall–Kier alpha value is -1.41. The van der Waals surface area contributed by atoms with Crippen LogP contribution in [0.15, 0.2) is 6.07 Å². The molecule has 2 rings (SSSR count).